The molecule has 0 aromatic heterocycles. The molecule has 0 unspecified atom stereocenters. The van der Waals surface area contributed by atoms with Crippen LogP contribution < -0.4 is 24.3 Å². The normalized spacial score (nSPS) is 16.2. The maximum atomic E-state index is 12.5. The number of benzene rings is 2. The van der Waals surface area contributed by atoms with E-state index in [-0.39, 0.29) is 11.9 Å². The molecule has 1 aliphatic heterocycles. The number of para-hydroxylation sites is 2. The van der Waals surface area contributed by atoms with E-state index < -0.39 is 0 Å². The van der Waals surface area contributed by atoms with Gasteiger partial charge in [-0.15, -0.1) is 0 Å². The molecule has 1 heterocycles. The van der Waals surface area contributed by atoms with E-state index in [4.69, 9.17) is 18.9 Å². The number of nitrogens with one attached hydrogen (secondary N) is 1. The second-order valence-corrected chi connectivity index (χ2v) is 7.09. The number of carbonyl (C=O) groups excluding carboxylic acids is 1. The van der Waals surface area contributed by atoms with Crippen molar-refractivity contribution in [3.63, 3.8) is 0 Å². The molecule has 2 aromatic rings. The van der Waals surface area contributed by atoms with Crippen LogP contribution in [0.1, 0.15) is 24.4 Å². The minimum Gasteiger partial charge on any atom is -0.497 e. The standard InChI is InChI=1S/C23H30N2O5/c1-27-17-10-11-18(22(15-17)29-3)19-7-6-13-25(19)16-23(26)24-12-14-30-21-9-5-4-8-20(21)28-2/h4-5,8-11,15,19H,6-7,12-14,16H2,1-3H3,(H,24,26)/t19-/m1/s1. The Bertz CT molecular complexity index is 842. The van der Waals surface area contributed by atoms with E-state index in [1.165, 1.54) is 0 Å². The van der Waals surface area contributed by atoms with E-state index in [9.17, 15) is 4.79 Å². The van der Waals surface area contributed by atoms with Crippen molar-refractivity contribution in [1.29, 1.82) is 0 Å². The van der Waals surface area contributed by atoms with Gasteiger partial charge in [0.2, 0.25) is 5.91 Å². The maximum Gasteiger partial charge on any atom is 0.234 e. The van der Waals surface area contributed by atoms with Gasteiger partial charge in [0.1, 0.15) is 18.1 Å². The van der Waals surface area contributed by atoms with Gasteiger partial charge in [-0.1, -0.05) is 18.2 Å². The van der Waals surface area contributed by atoms with E-state index in [1.54, 1.807) is 21.3 Å². The van der Waals surface area contributed by atoms with Crippen molar-refractivity contribution in [2.45, 2.75) is 18.9 Å². The average molecular weight is 415 g/mol. The fraction of sp³-hybridized carbons (Fsp3) is 0.435. The van der Waals surface area contributed by atoms with Crippen molar-refractivity contribution in [2.75, 3.05) is 47.6 Å². The lowest BCUT2D eigenvalue weighted by Crippen LogP contribution is -2.38. The van der Waals surface area contributed by atoms with Crippen LogP contribution in [-0.2, 0) is 4.79 Å². The maximum absolute atomic E-state index is 12.5. The number of carbonyl (C=O) groups is 1. The first-order valence-electron chi connectivity index (χ1n) is 10.1. The molecule has 1 aliphatic rings. The molecule has 0 saturated carbocycles. The molecule has 0 bridgehead atoms. The summed E-state index contributed by atoms with van der Waals surface area (Å²) in [6.07, 6.45) is 2.04. The molecule has 0 spiro atoms. The third-order valence-corrected chi connectivity index (χ3v) is 5.26. The Hall–Kier alpha value is -2.93. The topological polar surface area (TPSA) is 69.3 Å². The first-order valence-corrected chi connectivity index (χ1v) is 10.1. The SMILES string of the molecule is COc1ccc([C@H]2CCCN2CC(=O)NCCOc2ccccc2OC)c(OC)c1. The van der Waals surface area contributed by atoms with Gasteiger partial charge in [-0.05, 0) is 37.6 Å². The predicted molar refractivity (Wildman–Crippen MR) is 115 cm³/mol. The van der Waals surface area contributed by atoms with Crippen LogP contribution in [0.5, 0.6) is 23.0 Å². The molecule has 1 atom stereocenters. The average Bonchev–Trinajstić information content (AvgIpc) is 3.24. The third kappa shape index (κ3) is 5.36. The summed E-state index contributed by atoms with van der Waals surface area (Å²) in [5.41, 5.74) is 1.09. The molecule has 1 fully saturated rings. The van der Waals surface area contributed by atoms with Gasteiger partial charge in [-0.25, -0.2) is 0 Å². The van der Waals surface area contributed by atoms with Crippen molar-refractivity contribution in [1.82, 2.24) is 10.2 Å². The molecule has 7 heteroatoms. The van der Waals surface area contributed by atoms with E-state index in [0.29, 0.717) is 31.2 Å². The largest absolute Gasteiger partial charge is 0.497 e. The van der Waals surface area contributed by atoms with Gasteiger partial charge in [0.25, 0.3) is 0 Å². The zero-order chi connectivity index (χ0) is 21.3. The lowest BCUT2D eigenvalue weighted by molar-refractivity contribution is -0.122. The second kappa shape index (κ2) is 10.7. The molecule has 1 amide bonds. The number of nitrogens with zero attached hydrogens (tertiary/aromatic N) is 1. The molecule has 30 heavy (non-hydrogen) atoms. The van der Waals surface area contributed by atoms with Crippen molar-refractivity contribution in [3.8, 4) is 23.0 Å². The zero-order valence-corrected chi connectivity index (χ0v) is 17.8. The highest BCUT2D eigenvalue weighted by atomic mass is 16.5. The Morgan fingerprint density at radius 3 is 2.53 bits per heavy atom. The number of rotatable bonds is 10. The highest BCUT2D eigenvalue weighted by molar-refractivity contribution is 5.78. The van der Waals surface area contributed by atoms with E-state index in [0.717, 1.165) is 36.4 Å². The lowest BCUT2D eigenvalue weighted by atomic mass is 10.0. The summed E-state index contributed by atoms with van der Waals surface area (Å²) < 4.78 is 21.8. The second-order valence-electron chi connectivity index (χ2n) is 7.09. The van der Waals surface area contributed by atoms with Gasteiger partial charge in [0.15, 0.2) is 11.5 Å². The van der Waals surface area contributed by atoms with Crippen LogP contribution in [0.15, 0.2) is 42.5 Å². The zero-order valence-electron chi connectivity index (χ0n) is 17.8. The molecule has 3 rings (SSSR count). The Balaban J connectivity index is 1.51. The van der Waals surface area contributed by atoms with Crippen LogP contribution in [0.4, 0.5) is 0 Å². The van der Waals surface area contributed by atoms with Crippen molar-refractivity contribution >= 4 is 5.91 Å². The number of amides is 1. The van der Waals surface area contributed by atoms with Gasteiger partial charge < -0.3 is 24.3 Å². The Morgan fingerprint density at radius 2 is 1.80 bits per heavy atom. The number of methoxy groups -OCH3 is 3. The molecular weight excluding hydrogens is 384 g/mol. The minimum atomic E-state index is -0.0157. The van der Waals surface area contributed by atoms with Crippen molar-refractivity contribution in [2.24, 2.45) is 0 Å². The Labute approximate surface area is 177 Å². The molecule has 1 saturated heterocycles. The van der Waals surface area contributed by atoms with Crippen molar-refractivity contribution < 1.29 is 23.7 Å². The van der Waals surface area contributed by atoms with Crippen LogP contribution >= 0.6 is 0 Å². The van der Waals surface area contributed by atoms with Gasteiger partial charge >= 0.3 is 0 Å². The quantitative estimate of drug-likeness (QED) is 0.603. The lowest BCUT2D eigenvalue weighted by Gasteiger charge is -2.26. The Morgan fingerprint density at radius 1 is 1.03 bits per heavy atom. The van der Waals surface area contributed by atoms with Crippen LogP contribution in [0.3, 0.4) is 0 Å². The fourth-order valence-electron chi connectivity index (χ4n) is 3.79. The Kier molecular flexibility index (Phi) is 7.79. The summed E-state index contributed by atoms with van der Waals surface area (Å²) >= 11 is 0. The predicted octanol–water partition coefficient (Wildman–Crippen LogP) is 3.04. The van der Waals surface area contributed by atoms with Gasteiger partial charge in [0, 0.05) is 17.7 Å². The van der Waals surface area contributed by atoms with Crippen LogP contribution in [0.25, 0.3) is 0 Å². The fourth-order valence-corrected chi connectivity index (χ4v) is 3.79. The van der Waals surface area contributed by atoms with E-state index >= 15 is 0 Å². The summed E-state index contributed by atoms with van der Waals surface area (Å²) in [6.45, 7) is 2.03. The third-order valence-electron chi connectivity index (χ3n) is 5.26. The minimum absolute atomic E-state index is 0.0157. The van der Waals surface area contributed by atoms with Crippen molar-refractivity contribution in [3.05, 3.63) is 48.0 Å². The van der Waals surface area contributed by atoms with E-state index in [2.05, 4.69) is 10.2 Å². The summed E-state index contributed by atoms with van der Waals surface area (Å²) in [6, 6.07) is 13.5. The number of likely N-dealkylation sites (tertiary alicyclic amines) is 1. The summed E-state index contributed by atoms with van der Waals surface area (Å²) in [5, 5.41) is 2.94. The summed E-state index contributed by atoms with van der Waals surface area (Å²) in [5.74, 6) is 2.88. The van der Waals surface area contributed by atoms with Gasteiger partial charge in [-0.3, -0.25) is 9.69 Å². The first kappa shape index (κ1) is 21.8. The molecule has 2 aromatic carbocycles. The van der Waals surface area contributed by atoms with E-state index in [1.807, 2.05) is 42.5 Å². The molecule has 7 nitrogen and oxygen atoms in total. The van der Waals surface area contributed by atoms with Crippen LogP contribution in [-0.4, -0.2) is 58.4 Å². The number of hydrogen-bond donors (Lipinski definition) is 1. The van der Waals surface area contributed by atoms with Gasteiger partial charge in [0.05, 0.1) is 34.4 Å². The van der Waals surface area contributed by atoms with Gasteiger partial charge in [-0.2, -0.15) is 0 Å². The molecular formula is C23H30N2O5. The number of ether oxygens (including phenoxy) is 4. The monoisotopic (exact) mass is 414 g/mol. The summed E-state index contributed by atoms with van der Waals surface area (Å²) in [4.78, 5) is 14.7. The molecule has 162 valence electrons. The van der Waals surface area contributed by atoms with Crippen LogP contribution in [0, 0.1) is 0 Å². The highest BCUT2D eigenvalue weighted by Gasteiger charge is 2.29. The summed E-state index contributed by atoms with van der Waals surface area (Å²) in [7, 11) is 4.90. The van der Waals surface area contributed by atoms with Crippen LogP contribution in [0.2, 0.25) is 0 Å². The molecule has 1 N–H and O–H groups in total. The smallest absolute Gasteiger partial charge is 0.234 e. The molecule has 0 radical (unpaired) electrons. The first-order chi connectivity index (χ1) is 14.7. The highest BCUT2D eigenvalue weighted by Crippen LogP contribution is 2.38. The number of hydrogen-bond acceptors (Lipinski definition) is 6. The molecule has 0 aliphatic carbocycles.